The Morgan fingerprint density at radius 3 is 1.24 bits per heavy atom. The summed E-state index contributed by atoms with van der Waals surface area (Å²) in [7, 11) is -7.70. The summed E-state index contributed by atoms with van der Waals surface area (Å²) in [5.74, 6) is 0. The van der Waals surface area contributed by atoms with E-state index in [0.717, 1.165) is 24.5 Å². The van der Waals surface area contributed by atoms with E-state index in [1.807, 2.05) is 24.5 Å². The first kappa shape index (κ1) is 39.1. The van der Waals surface area contributed by atoms with Crippen LogP contribution in [0.2, 0.25) is 0 Å². The Bertz CT molecular complexity index is 1140. The van der Waals surface area contributed by atoms with E-state index in [9.17, 15) is 26.3 Å². The molecule has 2 heterocycles. The average Bonchev–Trinajstić information content (AvgIpc) is 2.83. The zero-order valence-corrected chi connectivity index (χ0v) is 24.5. The van der Waals surface area contributed by atoms with E-state index < -0.39 is 31.3 Å². The second kappa shape index (κ2) is 16.7. The molecule has 10 nitrogen and oxygen atoms in total. The number of halogens is 6. The fourth-order valence-electron chi connectivity index (χ4n) is 3.85. The maximum Gasteiger partial charge on any atom is 2.00 e. The number of hydrogen-bond donors (Lipinski definition) is 0. The van der Waals surface area contributed by atoms with Crippen LogP contribution < -0.4 is 0 Å². The van der Waals surface area contributed by atoms with Gasteiger partial charge in [0.25, 0.3) is 0 Å². The van der Waals surface area contributed by atoms with E-state index in [-0.39, 0.29) is 17.1 Å². The molecular weight excluding hydrogens is 649 g/mol. The number of hydrogen-bond acceptors (Lipinski definition) is 10. The van der Waals surface area contributed by atoms with Crippen LogP contribution in [-0.2, 0) is 50.4 Å². The van der Waals surface area contributed by atoms with Crippen molar-refractivity contribution < 1.29 is 69.4 Å². The average molecular weight is 678 g/mol. The van der Waals surface area contributed by atoms with E-state index in [1.165, 1.54) is 25.7 Å². The Morgan fingerprint density at radius 2 is 1.02 bits per heavy atom. The summed E-state index contributed by atoms with van der Waals surface area (Å²) in [6.45, 7) is 1.83. The molecule has 0 spiro atoms. The van der Waals surface area contributed by atoms with Crippen LogP contribution in [0.3, 0.4) is 0 Å². The molecule has 2 atom stereocenters. The minimum atomic E-state index is -6.09. The second-order valence-electron chi connectivity index (χ2n) is 8.69. The standard InChI is InChI=1S/C20H28N4.2CHF3O3S.Mn/c1-23(15-17-9-5-7-13-21-17)19-11-3-4-12-20(19)24(2)16-18-10-6-8-14-22-18;2*2-1(3,4)8(5,6)7;/h5-10,13-14,19-20H,3-4,11-12,15-16H2,1-2H3;2*(H,5,6,7);/q;;;+2/p-2/t19-,20-;;;/m1.../s1. The van der Waals surface area contributed by atoms with Crippen molar-refractivity contribution in [2.24, 2.45) is 0 Å². The molecule has 3 rings (SSSR count). The normalized spacial score (nSPS) is 18.0. The monoisotopic (exact) mass is 677 g/mol. The van der Waals surface area contributed by atoms with Gasteiger partial charge in [-0.3, -0.25) is 19.8 Å². The van der Waals surface area contributed by atoms with Gasteiger partial charge in [-0.1, -0.05) is 25.0 Å². The van der Waals surface area contributed by atoms with Gasteiger partial charge in [-0.25, -0.2) is 16.8 Å². The molecule has 0 aromatic carbocycles. The van der Waals surface area contributed by atoms with E-state index in [4.69, 9.17) is 25.9 Å². The Morgan fingerprint density at radius 1 is 0.732 bits per heavy atom. The maximum absolute atomic E-state index is 10.7. The van der Waals surface area contributed by atoms with Crippen molar-refractivity contribution in [3.05, 3.63) is 60.2 Å². The summed E-state index contributed by atoms with van der Waals surface area (Å²) in [6, 6.07) is 13.5. The SMILES string of the molecule is CN(Cc1ccccn1)[C@@H]1CCCC[C@H]1N(C)Cc1ccccn1.O=S(=O)([O-])C(F)(F)F.O=S(=O)([O-])C(F)(F)F.[Mn+2]. The van der Waals surface area contributed by atoms with Crippen molar-refractivity contribution in [2.75, 3.05) is 14.1 Å². The van der Waals surface area contributed by atoms with Gasteiger partial charge in [0.1, 0.15) is 0 Å². The molecule has 0 amide bonds. The molecule has 19 heteroatoms. The largest absolute Gasteiger partial charge is 2.00 e. The molecule has 2 aromatic heterocycles. The van der Waals surface area contributed by atoms with Crippen molar-refractivity contribution in [3.63, 3.8) is 0 Å². The molecule has 0 N–H and O–H groups in total. The van der Waals surface area contributed by atoms with Crippen LogP contribution in [-0.4, -0.2) is 82.9 Å². The van der Waals surface area contributed by atoms with Gasteiger partial charge in [-0.2, -0.15) is 26.3 Å². The number of nitrogens with zero attached hydrogens (tertiary/aromatic N) is 4. The minimum Gasteiger partial charge on any atom is -0.741 e. The fourth-order valence-corrected chi connectivity index (χ4v) is 3.85. The van der Waals surface area contributed by atoms with Crippen molar-refractivity contribution >= 4 is 20.2 Å². The predicted molar refractivity (Wildman–Crippen MR) is 129 cm³/mol. The molecule has 0 aliphatic heterocycles. The van der Waals surface area contributed by atoms with Gasteiger partial charge in [-0.15, -0.1) is 0 Å². The molecule has 0 saturated heterocycles. The first-order valence-electron chi connectivity index (χ1n) is 11.5. The summed E-state index contributed by atoms with van der Waals surface area (Å²) < 4.78 is 118. The van der Waals surface area contributed by atoms with Crippen molar-refractivity contribution in [2.45, 2.75) is 61.9 Å². The topological polar surface area (TPSA) is 147 Å². The fraction of sp³-hybridized carbons (Fsp3) is 0.545. The van der Waals surface area contributed by atoms with Crippen LogP contribution in [0.5, 0.6) is 0 Å². The summed E-state index contributed by atoms with van der Waals surface area (Å²) in [6.07, 6.45) is 8.95. The Balaban J connectivity index is 0.000000781. The molecule has 1 radical (unpaired) electrons. The third-order valence-corrected chi connectivity index (χ3v) is 6.80. The summed E-state index contributed by atoms with van der Waals surface area (Å²) in [4.78, 5) is 13.9. The molecule has 2 aromatic rings. The van der Waals surface area contributed by atoms with Gasteiger partial charge in [-0.05, 0) is 51.2 Å². The van der Waals surface area contributed by atoms with Crippen LogP contribution in [0.4, 0.5) is 26.3 Å². The van der Waals surface area contributed by atoms with E-state index in [0.29, 0.717) is 12.1 Å². The number of likely N-dealkylation sites (N-methyl/N-ethyl adjacent to an activating group) is 2. The summed E-state index contributed by atoms with van der Waals surface area (Å²) >= 11 is 0. The molecule has 0 bridgehead atoms. The molecule has 233 valence electrons. The van der Waals surface area contributed by atoms with Crippen molar-refractivity contribution in [1.82, 2.24) is 19.8 Å². The predicted octanol–water partition coefficient (Wildman–Crippen LogP) is 3.45. The number of rotatable bonds is 6. The van der Waals surface area contributed by atoms with Crippen LogP contribution in [0.25, 0.3) is 0 Å². The van der Waals surface area contributed by atoms with Gasteiger partial charge in [0.2, 0.25) is 0 Å². The van der Waals surface area contributed by atoms with Crippen molar-refractivity contribution in [1.29, 1.82) is 0 Å². The van der Waals surface area contributed by atoms with Gasteiger partial charge in [0, 0.05) is 37.6 Å². The Labute approximate surface area is 245 Å². The third kappa shape index (κ3) is 14.2. The summed E-state index contributed by atoms with van der Waals surface area (Å²) in [5, 5.41) is 0. The zero-order valence-electron chi connectivity index (χ0n) is 21.7. The van der Waals surface area contributed by atoms with Gasteiger partial charge >= 0.3 is 28.1 Å². The Hall–Kier alpha value is -1.86. The van der Waals surface area contributed by atoms with Crippen LogP contribution in [0.1, 0.15) is 37.1 Å². The van der Waals surface area contributed by atoms with Crippen LogP contribution in [0.15, 0.2) is 48.8 Å². The van der Waals surface area contributed by atoms with E-state index in [2.05, 4.69) is 58.1 Å². The molecule has 1 saturated carbocycles. The van der Waals surface area contributed by atoms with Gasteiger partial charge in [0.05, 0.1) is 11.4 Å². The first-order valence-corrected chi connectivity index (χ1v) is 14.3. The smallest absolute Gasteiger partial charge is 0.741 e. The number of aromatic nitrogens is 2. The van der Waals surface area contributed by atoms with E-state index in [1.54, 1.807) is 0 Å². The van der Waals surface area contributed by atoms with Crippen molar-refractivity contribution in [3.8, 4) is 0 Å². The van der Waals surface area contributed by atoms with E-state index >= 15 is 0 Å². The first-order chi connectivity index (χ1) is 18.2. The zero-order chi connectivity index (χ0) is 30.8. The second-order valence-corrected chi connectivity index (χ2v) is 11.4. The molecule has 0 unspecified atom stereocenters. The minimum absolute atomic E-state index is 0. The molecule has 1 aliphatic carbocycles. The number of pyridine rings is 2. The van der Waals surface area contributed by atoms with Crippen LogP contribution >= 0.6 is 0 Å². The Kier molecular flexibility index (Phi) is 15.9. The van der Waals surface area contributed by atoms with Gasteiger partial charge in [0.15, 0.2) is 20.2 Å². The molecule has 1 fully saturated rings. The maximum atomic E-state index is 10.7. The van der Waals surface area contributed by atoms with Gasteiger partial charge < -0.3 is 9.11 Å². The summed E-state index contributed by atoms with van der Waals surface area (Å²) in [5.41, 5.74) is -8.99. The number of alkyl halides is 6. The molecule has 1 aliphatic rings. The molecular formula is C22H28F6MnN4O6S2. The molecule has 41 heavy (non-hydrogen) atoms. The van der Waals surface area contributed by atoms with Crippen LogP contribution in [0, 0.1) is 0 Å². The quantitative estimate of drug-likeness (QED) is 0.193. The third-order valence-electron chi connectivity index (χ3n) is 5.67.